The maximum absolute atomic E-state index is 12.3. The lowest BCUT2D eigenvalue weighted by atomic mass is 10.1. The van der Waals surface area contributed by atoms with E-state index in [0.717, 1.165) is 25.1 Å². The molecule has 0 spiro atoms. The zero-order valence-electron chi connectivity index (χ0n) is 11.5. The number of aromatic nitrogens is 1. The fraction of sp³-hybridized carbons (Fsp3) is 0.571. The van der Waals surface area contributed by atoms with Crippen molar-refractivity contribution in [1.82, 2.24) is 9.88 Å². The highest BCUT2D eigenvalue weighted by Crippen LogP contribution is 2.28. The average molecular weight is 284 g/mol. The molecule has 0 atom stereocenters. The van der Waals surface area contributed by atoms with Gasteiger partial charge in [0.05, 0.1) is 18.3 Å². The van der Waals surface area contributed by atoms with E-state index in [2.05, 4.69) is 18.8 Å². The molecule has 0 aliphatic heterocycles. The summed E-state index contributed by atoms with van der Waals surface area (Å²) in [4.78, 5) is 18.5. The van der Waals surface area contributed by atoms with Crippen LogP contribution in [0.4, 0.5) is 5.69 Å². The molecule has 1 saturated carbocycles. The lowest BCUT2D eigenvalue weighted by molar-refractivity contribution is -0.131. The van der Waals surface area contributed by atoms with Crippen molar-refractivity contribution in [3.8, 4) is 0 Å². The largest absolute Gasteiger partial charge is 0.397 e. The molecule has 1 amide bonds. The summed E-state index contributed by atoms with van der Waals surface area (Å²) in [5.41, 5.74) is 7.01. The van der Waals surface area contributed by atoms with Crippen LogP contribution in [-0.2, 0) is 11.2 Å². The van der Waals surface area contributed by atoms with Crippen LogP contribution in [0.3, 0.4) is 0 Å². The van der Waals surface area contributed by atoms with Gasteiger partial charge in [-0.3, -0.25) is 9.78 Å². The van der Waals surface area contributed by atoms with E-state index in [9.17, 15) is 4.79 Å². The van der Waals surface area contributed by atoms with Crippen molar-refractivity contribution in [2.45, 2.75) is 39.2 Å². The Morgan fingerprint density at radius 1 is 1.47 bits per heavy atom. The molecule has 2 rings (SSSR count). The number of nitrogen functional groups attached to an aromatic ring is 1. The van der Waals surface area contributed by atoms with Crippen LogP contribution in [0.15, 0.2) is 18.3 Å². The molecule has 1 heterocycles. The molecule has 5 heteroatoms. The Labute approximate surface area is 120 Å². The molecule has 106 valence electrons. The van der Waals surface area contributed by atoms with Gasteiger partial charge in [-0.2, -0.15) is 0 Å². The molecule has 0 unspecified atom stereocenters. The Morgan fingerprint density at radius 2 is 2.16 bits per heavy atom. The number of nitrogens with two attached hydrogens (primary N) is 1. The Kier molecular flexibility index (Phi) is 5.60. The first-order valence-electron chi connectivity index (χ1n) is 6.56. The molecule has 2 N–H and O–H groups in total. The van der Waals surface area contributed by atoms with Gasteiger partial charge in [0.1, 0.15) is 0 Å². The van der Waals surface area contributed by atoms with Gasteiger partial charge in [-0.25, -0.2) is 0 Å². The molecule has 1 aromatic rings. The normalized spacial score (nSPS) is 14.1. The van der Waals surface area contributed by atoms with Crippen LogP contribution < -0.4 is 5.73 Å². The number of hydrogen-bond donors (Lipinski definition) is 1. The molecule has 1 fully saturated rings. The predicted molar refractivity (Wildman–Crippen MR) is 79.2 cm³/mol. The van der Waals surface area contributed by atoms with Gasteiger partial charge in [0.2, 0.25) is 5.91 Å². The van der Waals surface area contributed by atoms with E-state index < -0.39 is 0 Å². The highest BCUT2D eigenvalue weighted by molar-refractivity contribution is 5.85. The summed E-state index contributed by atoms with van der Waals surface area (Å²) in [5.74, 6) is 0.692. The third-order valence-electron chi connectivity index (χ3n) is 3.05. The summed E-state index contributed by atoms with van der Waals surface area (Å²) in [5, 5.41) is 0. The first kappa shape index (κ1) is 15.8. The number of carbonyl (C=O) groups excluding carboxylic acids is 1. The summed E-state index contributed by atoms with van der Waals surface area (Å²) in [6.45, 7) is 5.13. The smallest absolute Gasteiger partial charge is 0.228 e. The Bertz CT molecular complexity index is 415. The Hall–Kier alpha value is -1.29. The number of carbonyl (C=O) groups is 1. The predicted octanol–water partition coefficient (Wildman–Crippen LogP) is 2.28. The van der Waals surface area contributed by atoms with E-state index in [1.165, 1.54) is 0 Å². The van der Waals surface area contributed by atoms with Crippen molar-refractivity contribution in [1.29, 1.82) is 0 Å². The second-order valence-electron chi connectivity index (χ2n) is 5.43. The third-order valence-corrected chi connectivity index (χ3v) is 3.05. The zero-order valence-corrected chi connectivity index (χ0v) is 12.3. The van der Waals surface area contributed by atoms with Crippen molar-refractivity contribution >= 4 is 24.0 Å². The first-order chi connectivity index (χ1) is 8.56. The van der Waals surface area contributed by atoms with Crippen LogP contribution in [0.2, 0.25) is 0 Å². The van der Waals surface area contributed by atoms with Gasteiger partial charge in [-0.15, -0.1) is 12.4 Å². The molecule has 0 radical (unpaired) electrons. The molecule has 0 aromatic carbocycles. The van der Waals surface area contributed by atoms with Crippen molar-refractivity contribution < 1.29 is 4.79 Å². The van der Waals surface area contributed by atoms with Gasteiger partial charge >= 0.3 is 0 Å². The van der Waals surface area contributed by atoms with Crippen molar-refractivity contribution in [2.75, 3.05) is 12.3 Å². The quantitative estimate of drug-likeness (QED) is 0.902. The standard InChI is InChI=1S/C14H21N3O.ClH/c1-10(2)9-17(13-5-6-13)14(18)7-12-4-3-11(15)8-16-12;/h3-4,8,10,13H,5-7,9,15H2,1-2H3;1H. The van der Waals surface area contributed by atoms with Crippen LogP contribution in [0.25, 0.3) is 0 Å². The van der Waals surface area contributed by atoms with Gasteiger partial charge in [0.25, 0.3) is 0 Å². The molecule has 1 aliphatic carbocycles. The van der Waals surface area contributed by atoms with E-state index in [1.807, 2.05) is 11.0 Å². The van der Waals surface area contributed by atoms with Crippen LogP contribution in [0, 0.1) is 5.92 Å². The van der Waals surface area contributed by atoms with Gasteiger partial charge in [-0.1, -0.05) is 13.8 Å². The highest BCUT2D eigenvalue weighted by Gasteiger charge is 2.32. The van der Waals surface area contributed by atoms with Crippen molar-refractivity contribution in [3.63, 3.8) is 0 Å². The molecular formula is C14H22ClN3O. The molecule has 0 bridgehead atoms. The maximum atomic E-state index is 12.3. The van der Waals surface area contributed by atoms with Crippen molar-refractivity contribution in [2.24, 2.45) is 5.92 Å². The van der Waals surface area contributed by atoms with Crippen LogP contribution >= 0.6 is 12.4 Å². The number of pyridine rings is 1. The molecular weight excluding hydrogens is 262 g/mol. The van der Waals surface area contributed by atoms with E-state index >= 15 is 0 Å². The number of anilines is 1. The fourth-order valence-corrected chi connectivity index (χ4v) is 2.03. The SMILES string of the molecule is CC(C)CN(C(=O)Cc1ccc(N)cn1)C1CC1.Cl. The van der Waals surface area contributed by atoms with Gasteiger partial charge in [0, 0.05) is 18.3 Å². The molecule has 0 saturated heterocycles. The van der Waals surface area contributed by atoms with Gasteiger partial charge in [-0.05, 0) is 30.9 Å². The summed E-state index contributed by atoms with van der Waals surface area (Å²) in [7, 11) is 0. The number of amides is 1. The van der Waals surface area contributed by atoms with E-state index in [4.69, 9.17) is 5.73 Å². The molecule has 1 aliphatic rings. The van der Waals surface area contributed by atoms with Crippen LogP contribution in [-0.4, -0.2) is 28.4 Å². The third kappa shape index (κ3) is 4.71. The minimum atomic E-state index is 0. The number of rotatable bonds is 5. The summed E-state index contributed by atoms with van der Waals surface area (Å²) in [6, 6.07) is 4.08. The van der Waals surface area contributed by atoms with Crippen LogP contribution in [0.1, 0.15) is 32.4 Å². The lowest BCUT2D eigenvalue weighted by Crippen LogP contribution is -2.37. The first-order valence-corrected chi connectivity index (χ1v) is 6.56. The number of halogens is 1. The second kappa shape index (κ2) is 6.75. The van der Waals surface area contributed by atoms with E-state index in [0.29, 0.717) is 24.1 Å². The second-order valence-corrected chi connectivity index (χ2v) is 5.43. The highest BCUT2D eigenvalue weighted by atomic mass is 35.5. The maximum Gasteiger partial charge on any atom is 0.228 e. The van der Waals surface area contributed by atoms with E-state index in [-0.39, 0.29) is 18.3 Å². The van der Waals surface area contributed by atoms with Gasteiger partial charge < -0.3 is 10.6 Å². The molecule has 4 nitrogen and oxygen atoms in total. The monoisotopic (exact) mass is 283 g/mol. The molecule has 19 heavy (non-hydrogen) atoms. The summed E-state index contributed by atoms with van der Waals surface area (Å²) < 4.78 is 0. The topological polar surface area (TPSA) is 59.2 Å². The number of hydrogen-bond acceptors (Lipinski definition) is 3. The minimum Gasteiger partial charge on any atom is -0.397 e. The van der Waals surface area contributed by atoms with Crippen molar-refractivity contribution in [3.05, 3.63) is 24.0 Å². The Balaban J connectivity index is 0.00000180. The van der Waals surface area contributed by atoms with E-state index in [1.54, 1.807) is 12.3 Å². The lowest BCUT2D eigenvalue weighted by Gasteiger charge is -2.24. The molecule has 1 aromatic heterocycles. The summed E-state index contributed by atoms with van der Waals surface area (Å²) >= 11 is 0. The Morgan fingerprint density at radius 3 is 2.63 bits per heavy atom. The average Bonchev–Trinajstić information content (AvgIpc) is 3.12. The van der Waals surface area contributed by atoms with Gasteiger partial charge in [0.15, 0.2) is 0 Å². The summed E-state index contributed by atoms with van der Waals surface area (Å²) in [6.07, 6.45) is 4.28. The number of nitrogens with zero attached hydrogens (tertiary/aromatic N) is 2. The minimum absolute atomic E-state index is 0. The van der Waals surface area contributed by atoms with Crippen LogP contribution in [0.5, 0.6) is 0 Å². The zero-order chi connectivity index (χ0) is 13.1. The fourth-order valence-electron chi connectivity index (χ4n) is 2.03.